The van der Waals surface area contributed by atoms with Gasteiger partial charge in [0.15, 0.2) is 11.5 Å². The van der Waals surface area contributed by atoms with Gasteiger partial charge in [0.25, 0.3) is 5.91 Å². The molecule has 2 aromatic rings. The predicted octanol–water partition coefficient (Wildman–Crippen LogP) is 1.89. The molecule has 0 atom stereocenters. The van der Waals surface area contributed by atoms with Crippen LogP contribution in [-0.4, -0.2) is 37.1 Å². The smallest absolute Gasteiger partial charge is 0.270 e. The second-order valence-corrected chi connectivity index (χ2v) is 4.70. The third kappa shape index (κ3) is 3.28. The van der Waals surface area contributed by atoms with Gasteiger partial charge < -0.3 is 25.1 Å². The lowest BCUT2D eigenvalue weighted by Gasteiger charge is -2.17. The first kappa shape index (κ1) is 14.8. The van der Waals surface area contributed by atoms with E-state index < -0.39 is 0 Å². The molecule has 0 bridgehead atoms. The Labute approximate surface area is 123 Å². The number of rotatable bonds is 5. The van der Waals surface area contributed by atoms with Gasteiger partial charge in [-0.05, 0) is 23.8 Å². The van der Waals surface area contributed by atoms with Gasteiger partial charge in [-0.2, -0.15) is 0 Å². The lowest BCUT2D eigenvalue weighted by molar-refractivity contribution is 0.0780. The molecule has 0 saturated carbocycles. The SMILES string of the molecule is COc1ccc(CN(C)C(=O)c2cc(N)c[nH]2)cc1OC. The van der Waals surface area contributed by atoms with Gasteiger partial charge in [0, 0.05) is 25.5 Å². The molecule has 0 fully saturated rings. The maximum Gasteiger partial charge on any atom is 0.270 e. The van der Waals surface area contributed by atoms with E-state index in [1.54, 1.807) is 38.4 Å². The highest BCUT2D eigenvalue weighted by Gasteiger charge is 2.14. The van der Waals surface area contributed by atoms with Gasteiger partial charge in [-0.25, -0.2) is 0 Å². The van der Waals surface area contributed by atoms with Crippen LogP contribution >= 0.6 is 0 Å². The van der Waals surface area contributed by atoms with Gasteiger partial charge >= 0.3 is 0 Å². The molecular weight excluding hydrogens is 270 g/mol. The van der Waals surface area contributed by atoms with Gasteiger partial charge in [0.05, 0.1) is 14.2 Å². The minimum absolute atomic E-state index is 0.124. The number of carbonyl (C=O) groups excluding carboxylic acids is 1. The minimum atomic E-state index is -0.124. The quantitative estimate of drug-likeness (QED) is 0.880. The Morgan fingerprint density at radius 1 is 1.24 bits per heavy atom. The number of hydrogen-bond donors (Lipinski definition) is 2. The number of aromatic nitrogens is 1. The van der Waals surface area contributed by atoms with Gasteiger partial charge in [-0.15, -0.1) is 0 Å². The van der Waals surface area contributed by atoms with Crippen LogP contribution in [0.15, 0.2) is 30.5 Å². The molecule has 6 heteroatoms. The van der Waals surface area contributed by atoms with E-state index in [1.807, 2.05) is 18.2 Å². The molecule has 1 aromatic carbocycles. The van der Waals surface area contributed by atoms with Crippen LogP contribution < -0.4 is 15.2 Å². The number of hydrogen-bond acceptors (Lipinski definition) is 4. The van der Waals surface area contributed by atoms with Crippen molar-refractivity contribution < 1.29 is 14.3 Å². The van der Waals surface area contributed by atoms with E-state index in [9.17, 15) is 4.79 Å². The fourth-order valence-electron chi connectivity index (χ4n) is 2.06. The first-order chi connectivity index (χ1) is 10.0. The summed E-state index contributed by atoms with van der Waals surface area (Å²) in [5.74, 6) is 1.17. The van der Waals surface area contributed by atoms with Crippen molar-refractivity contribution in [1.29, 1.82) is 0 Å². The number of benzene rings is 1. The highest BCUT2D eigenvalue weighted by molar-refractivity contribution is 5.93. The van der Waals surface area contributed by atoms with Gasteiger partial charge in [0.2, 0.25) is 0 Å². The Bertz CT molecular complexity index is 637. The van der Waals surface area contributed by atoms with Crippen molar-refractivity contribution in [2.24, 2.45) is 0 Å². The van der Waals surface area contributed by atoms with E-state index in [0.29, 0.717) is 29.4 Å². The highest BCUT2D eigenvalue weighted by atomic mass is 16.5. The number of amides is 1. The van der Waals surface area contributed by atoms with E-state index in [0.717, 1.165) is 5.56 Å². The van der Waals surface area contributed by atoms with E-state index in [4.69, 9.17) is 15.2 Å². The zero-order valence-corrected chi connectivity index (χ0v) is 12.3. The summed E-state index contributed by atoms with van der Waals surface area (Å²) < 4.78 is 10.4. The summed E-state index contributed by atoms with van der Waals surface area (Å²) in [5.41, 5.74) is 7.56. The molecule has 0 aliphatic rings. The van der Waals surface area contributed by atoms with Crippen molar-refractivity contribution in [1.82, 2.24) is 9.88 Å². The van der Waals surface area contributed by atoms with E-state index in [2.05, 4.69) is 4.98 Å². The molecule has 0 radical (unpaired) electrons. The Balaban J connectivity index is 2.12. The third-order valence-corrected chi connectivity index (χ3v) is 3.15. The summed E-state index contributed by atoms with van der Waals surface area (Å²) in [6, 6.07) is 7.19. The number of nitrogens with one attached hydrogen (secondary N) is 1. The summed E-state index contributed by atoms with van der Waals surface area (Å²) in [6.07, 6.45) is 1.59. The molecular formula is C15H19N3O3. The minimum Gasteiger partial charge on any atom is -0.493 e. The van der Waals surface area contributed by atoms with Crippen LogP contribution in [0.2, 0.25) is 0 Å². The molecule has 0 saturated heterocycles. The standard InChI is InChI=1S/C15H19N3O3/c1-18(15(19)12-7-11(16)8-17-12)9-10-4-5-13(20-2)14(6-10)21-3/h4-8,17H,9,16H2,1-3H3. The van der Waals surface area contributed by atoms with Crippen LogP contribution in [0.1, 0.15) is 16.1 Å². The number of carbonyl (C=O) groups is 1. The van der Waals surface area contributed by atoms with E-state index in [-0.39, 0.29) is 5.91 Å². The summed E-state index contributed by atoms with van der Waals surface area (Å²) in [5, 5.41) is 0. The molecule has 0 aliphatic heterocycles. The number of ether oxygens (including phenoxy) is 2. The molecule has 2 rings (SSSR count). The first-order valence-corrected chi connectivity index (χ1v) is 6.45. The topological polar surface area (TPSA) is 80.6 Å². The number of nitrogen functional groups attached to an aromatic ring is 1. The number of aromatic amines is 1. The summed E-state index contributed by atoms with van der Waals surface area (Å²) in [4.78, 5) is 16.7. The molecule has 0 spiro atoms. The predicted molar refractivity (Wildman–Crippen MR) is 80.5 cm³/mol. The molecule has 0 aliphatic carbocycles. The number of nitrogens with two attached hydrogens (primary N) is 1. The molecule has 112 valence electrons. The van der Waals surface area contributed by atoms with Crippen molar-refractivity contribution in [3.8, 4) is 11.5 Å². The molecule has 21 heavy (non-hydrogen) atoms. The maximum atomic E-state index is 12.2. The number of methoxy groups -OCH3 is 2. The summed E-state index contributed by atoms with van der Waals surface area (Å²) >= 11 is 0. The van der Waals surface area contributed by atoms with Crippen LogP contribution in [0.25, 0.3) is 0 Å². The van der Waals surface area contributed by atoms with Crippen LogP contribution in [-0.2, 0) is 6.54 Å². The zero-order chi connectivity index (χ0) is 15.4. The Kier molecular flexibility index (Phi) is 4.37. The molecule has 1 aromatic heterocycles. The first-order valence-electron chi connectivity index (χ1n) is 6.45. The Morgan fingerprint density at radius 3 is 2.52 bits per heavy atom. The van der Waals surface area contributed by atoms with E-state index >= 15 is 0 Å². The van der Waals surface area contributed by atoms with Gasteiger partial charge in [-0.1, -0.05) is 6.07 Å². The van der Waals surface area contributed by atoms with Gasteiger partial charge in [0.1, 0.15) is 5.69 Å². The second kappa shape index (κ2) is 6.21. The summed E-state index contributed by atoms with van der Waals surface area (Å²) in [6.45, 7) is 0.456. The largest absolute Gasteiger partial charge is 0.493 e. The van der Waals surface area contributed by atoms with Crippen LogP contribution in [0, 0.1) is 0 Å². The van der Waals surface area contributed by atoms with Crippen molar-refractivity contribution in [3.63, 3.8) is 0 Å². The number of H-pyrrole nitrogens is 1. The van der Waals surface area contributed by atoms with Crippen molar-refractivity contribution in [2.75, 3.05) is 27.0 Å². The Morgan fingerprint density at radius 2 is 1.95 bits per heavy atom. The molecule has 0 unspecified atom stereocenters. The highest BCUT2D eigenvalue weighted by Crippen LogP contribution is 2.28. The van der Waals surface area contributed by atoms with Crippen LogP contribution in [0.3, 0.4) is 0 Å². The van der Waals surface area contributed by atoms with Crippen molar-refractivity contribution in [3.05, 3.63) is 41.7 Å². The Hall–Kier alpha value is -2.63. The van der Waals surface area contributed by atoms with Crippen molar-refractivity contribution >= 4 is 11.6 Å². The van der Waals surface area contributed by atoms with E-state index in [1.165, 1.54) is 0 Å². The summed E-state index contributed by atoms with van der Waals surface area (Å²) in [7, 11) is 4.90. The lowest BCUT2D eigenvalue weighted by atomic mass is 10.2. The molecule has 3 N–H and O–H groups in total. The maximum absolute atomic E-state index is 12.2. The molecule has 1 heterocycles. The van der Waals surface area contributed by atoms with Crippen LogP contribution in [0.4, 0.5) is 5.69 Å². The second-order valence-electron chi connectivity index (χ2n) is 4.70. The lowest BCUT2D eigenvalue weighted by Crippen LogP contribution is -2.26. The molecule has 6 nitrogen and oxygen atoms in total. The third-order valence-electron chi connectivity index (χ3n) is 3.15. The monoisotopic (exact) mass is 289 g/mol. The van der Waals surface area contributed by atoms with Gasteiger partial charge in [-0.3, -0.25) is 4.79 Å². The number of nitrogens with zero attached hydrogens (tertiary/aromatic N) is 1. The molecule has 1 amide bonds. The normalized spacial score (nSPS) is 10.2. The van der Waals surface area contributed by atoms with Crippen LogP contribution in [0.5, 0.6) is 11.5 Å². The average molecular weight is 289 g/mol. The zero-order valence-electron chi connectivity index (χ0n) is 12.3. The number of anilines is 1. The fourth-order valence-corrected chi connectivity index (χ4v) is 2.06. The fraction of sp³-hybridized carbons (Fsp3) is 0.267. The van der Waals surface area contributed by atoms with Crippen molar-refractivity contribution in [2.45, 2.75) is 6.54 Å². The average Bonchev–Trinajstić information content (AvgIpc) is 2.92.